The monoisotopic (exact) mass is 285 g/mol. The smallest absolute Gasteiger partial charge is 0.135 e. The van der Waals surface area contributed by atoms with Crippen LogP contribution in [-0.4, -0.2) is 32.8 Å². The van der Waals surface area contributed by atoms with Crippen molar-refractivity contribution in [2.24, 2.45) is 0 Å². The van der Waals surface area contributed by atoms with Crippen LogP contribution in [0.3, 0.4) is 0 Å². The minimum absolute atomic E-state index is 0.462. The molecule has 1 fully saturated rings. The molecule has 0 unspecified atom stereocenters. The van der Waals surface area contributed by atoms with Gasteiger partial charge in [-0.2, -0.15) is 5.10 Å². The van der Waals surface area contributed by atoms with Gasteiger partial charge in [0.15, 0.2) is 0 Å². The van der Waals surface area contributed by atoms with Gasteiger partial charge in [-0.3, -0.25) is 4.68 Å². The largest absolute Gasteiger partial charge is 0.352 e. The Morgan fingerprint density at radius 2 is 2.00 bits per heavy atom. The van der Waals surface area contributed by atoms with Gasteiger partial charge in [0.25, 0.3) is 0 Å². The van der Waals surface area contributed by atoms with Gasteiger partial charge in [-0.25, -0.2) is 9.97 Å². The Morgan fingerprint density at radius 3 is 2.62 bits per heavy atom. The Morgan fingerprint density at radius 1 is 1.24 bits per heavy atom. The highest BCUT2D eigenvalue weighted by molar-refractivity contribution is 5.49. The first kappa shape index (κ1) is 14.0. The molecule has 112 valence electrons. The first-order valence-corrected chi connectivity index (χ1v) is 7.68. The topological polar surface area (TPSA) is 46.8 Å². The lowest BCUT2D eigenvalue weighted by Gasteiger charge is -2.41. The van der Waals surface area contributed by atoms with Crippen LogP contribution in [-0.2, 0) is 6.42 Å². The molecule has 1 aliphatic heterocycles. The number of rotatable bonds is 4. The van der Waals surface area contributed by atoms with Crippen molar-refractivity contribution in [2.75, 3.05) is 18.0 Å². The van der Waals surface area contributed by atoms with Gasteiger partial charge in [0.05, 0.1) is 11.7 Å². The molecule has 0 amide bonds. The van der Waals surface area contributed by atoms with Crippen molar-refractivity contribution in [2.45, 2.75) is 46.6 Å². The molecule has 5 nitrogen and oxygen atoms in total. The number of anilines is 1. The molecular formula is C16H23N5. The van der Waals surface area contributed by atoms with Crippen molar-refractivity contribution in [1.82, 2.24) is 19.7 Å². The molecule has 0 aliphatic carbocycles. The van der Waals surface area contributed by atoms with Gasteiger partial charge in [0.2, 0.25) is 0 Å². The maximum absolute atomic E-state index is 4.65. The van der Waals surface area contributed by atoms with E-state index >= 15 is 0 Å². The third kappa shape index (κ3) is 2.64. The zero-order valence-corrected chi connectivity index (χ0v) is 13.3. The predicted molar refractivity (Wildman–Crippen MR) is 83.7 cm³/mol. The molecule has 2 aromatic rings. The Balaban J connectivity index is 1.77. The first-order valence-electron chi connectivity index (χ1n) is 7.68. The second-order valence-corrected chi connectivity index (χ2v) is 5.95. The van der Waals surface area contributed by atoms with E-state index in [-0.39, 0.29) is 0 Å². The molecule has 1 aliphatic rings. The number of hydrogen-bond donors (Lipinski definition) is 0. The molecule has 21 heavy (non-hydrogen) atoms. The summed E-state index contributed by atoms with van der Waals surface area (Å²) in [6.07, 6.45) is 4.14. The van der Waals surface area contributed by atoms with Crippen LogP contribution < -0.4 is 4.90 Å². The van der Waals surface area contributed by atoms with E-state index in [1.54, 1.807) is 0 Å². The summed E-state index contributed by atoms with van der Waals surface area (Å²) in [6, 6.07) is 2.60. The Labute approximate surface area is 126 Å². The summed E-state index contributed by atoms with van der Waals surface area (Å²) in [5.41, 5.74) is 3.59. The predicted octanol–water partition coefficient (Wildman–Crippen LogP) is 2.61. The summed E-state index contributed by atoms with van der Waals surface area (Å²) in [5.74, 6) is 1.96. The van der Waals surface area contributed by atoms with Crippen LogP contribution in [0.4, 0.5) is 5.82 Å². The van der Waals surface area contributed by atoms with Crippen molar-refractivity contribution in [3.8, 4) is 0 Å². The van der Waals surface area contributed by atoms with Crippen molar-refractivity contribution < 1.29 is 0 Å². The summed E-state index contributed by atoms with van der Waals surface area (Å²) in [5, 5.41) is 4.59. The van der Waals surface area contributed by atoms with Crippen LogP contribution in [0.25, 0.3) is 0 Å². The van der Waals surface area contributed by atoms with E-state index in [9.17, 15) is 0 Å². The Kier molecular flexibility index (Phi) is 3.66. The van der Waals surface area contributed by atoms with Crippen LogP contribution in [0.1, 0.15) is 42.2 Å². The normalized spacial score (nSPS) is 15.3. The summed E-state index contributed by atoms with van der Waals surface area (Å²) in [7, 11) is 0. The lowest BCUT2D eigenvalue weighted by Crippen LogP contribution is -2.49. The minimum atomic E-state index is 0.462. The zero-order valence-electron chi connectivity index (χ0n) is 13.3. The van der Waals surface area contributed by atoms with Crippen LogP contribution in [0.5, 0.6) is 0 Å². The molecule has 5 heteroatoms. The van der Waals surface area contributed by atoms with E-state index in [4.69, 9.17) is 0 Å². The SMILES string of the molecule is CCCc1cnc(C)nc1N1CC(n2nc(C)cc2C)C1. The highest BCUT2D eigenvalue weighted by Gasteiger charge is 2.32. The van der Waals surface area contributed by atoms with E-state index in [0.29, 0.717) is 6.04 Å². The number of aromatic nitrogens is 4. The third-order valence-corrected chi connectivity index (χ3v) is 4.03. The fraction of sp³-hybridized carbons (Fsp3) is 0.562. The van der Waals surface area contributed by atoms with Crippen LogP contribution in [0.2, 0.25) is 0 Å². The lowest BCUT2D eigenvalue weighted by atomic mass is 10.1. The van der Waals surface area contributed by atoms with E-state index in [1.807, 2.05) is 20.0 Å². The summed E-state index contributed by atoms with van der Waals surface area (Å²) in [4.78, 5) is 11.3. The molecule has 0 spiro atoms. The molecule has 1 saturated heterocycles. The lowest BCUT2D eigenvalue weighted by molar-refractivity contribution is 0.358. The quantitative estimate of drug-likeness (QED) is 0.866. The van der Waals surface area contributed by atoms with Crippen LogP contribution in [0, 0.1) is 20.8 Å². The van der Waals surface area contributed by atoms with E-state index in [1.165, 1.54) is 11.3 Å². The van der Waals surface area contributed by atoms with Gasteiger partial charge in [-0.15, -0.1) is 0 Å². The van der Waals surface area contributed by atoms with Gasteiger partial charge >= 0.3 is 0 Å². The number of aryl methyl sites for hydroxylation is 4. The molecule has 0 N–H and O–H groups in total. The van der Waals surface area contributed by atoms with Gasteiger partial charge in [0.1, 0.15) is 11.6 Å². The van der Waals surface area contributed by atoms with Crippen LogP contribution >= 0.6 is 0 Å². The van der Waals surface area contributed by atoms with Crippen molar-refractivity contribution >= 4 is 5.82 Å². The highest BCUT2D eigenvalue weighted by Crippen LogP contribution is 2.30. The number of hydrogen-bond acceptors (Lipinski definition) is 4. The minimum Gasteiger partial charge on any atom is -0.352 e. The van der Waals surface area contributed by atoms with Crippen molar-refractivity contribution in [3.63, 3.8) is 0 Å². The fourth-order valence-corrected chi connectivity index (χ4v) is 3.00. The molecule has 0 aromatic carbocycles. The van der Waals surface area contributed by atoms with E-state index < -0.39 is 0 Å². The molecule has 3 heterocycles. The average Bonchev–Trinajstić information content (AvgIpc) is 2.70. The molecule has 0 radical (unpaired) electrons. The third-order valence-electron chi connectivity index (χ3n) is 4.03. The highest BCUT2D eigenvalue weighted by atomic mass is 15.4. The number of nitrogens with zero attached hydrogens (tertiary/aromatic N) is 5. The van der Waals surface area contributed by atoms with E-state index in [0.717, 1.165) is 43.3 Å². The molecular weight excluding hydrogens is 262 g/mol. The Bertz CT molecular complexity index is 640. The summed E-state index contributed by atoms with van der Waals surface area (Å²) >= 11 is 0. The second-order valence-electron chi connectivity index (χ2n) is 5.95. The first-order chi connectivity index (χ1) is 10.1. The fourth-order valence-electron chi connectivity index (χ4n) is 3.00. The van der Waals surface area contributed by atoms with E-state index in [2.05, 4.69) is 44.6 Å². The molecule has 0 bridgehead atoms. The molecule has 0 saturated carbocycles. The molecule has 0 atom stereocenters. The summed E-state index contributed by atoms with van der Waals surface area (Å²) in [6.45, 7) is 10.3. The van der Waals surface area contributed by atoms with Crippen LogP contribution in [0.15, 0.2) is 12.3 Å². The van der Waals surface area contributed by atoms with Crippen molar-refractivity contribution in [1.29, 1.82) is 0 Å². The van der Waals surface area contributed by atoms with Gasteiger partial charge in [-0.05, 0) is 33.3 Å². The second kappa shape index (κ2) is 5.47. The molecule has 3 rings (SSSR count). The van der Waals surface area contributed by atoms with Crippen molar-refractivity contribution in [3.05, 3.63) is 35.0 Å². The maximum Gasteiger partial charge on any atom is 0.135 e. The standard InChI is InChI=1S/C16H23N5/c1-5-6-14-8-17-13(4)18-16(14)20-9-15(10-20)21-12(3)7-11(2)19-21/h7-8,15H,5-6,9-10H2,1-4H3. The Hall–Kier alpha value is -1.91. The molecule has 2 aromatic heterocycles. The maximum atomic E-state index is 4.65. The zero-order chi connectivity index (χ0) is 15.0. The summed E-state index contributed by atoms with van der Waals surface area (Å²) < 4.78 is 2.15. The van der Waals surface area contributed by atoms with Gasteiger partial charge < -0.3 is 4.90 Å². The van der Waals surface area contributed by atoms with Gasteiger partial charge in [-0.1, -0.05) is 13.3 Å². The van der Waals surface area contributed by atoms with Gasteiger partial charge in [0, 0.05) is 30.5 Å². The average molecular weight is 285 g/mol.